The molecule has 4 aliphatic carbocycles. The first kappa shape index (κ1) is 18.7. The molecule has 6 aliphatic rings. The number of piperazine rings is 1. The van der Waals surface area contributed by atoms with Crippen molar-refractivity contribution < 1.29 is 14.4 Å². The number of carbonyl (C=O) groups is 3. The molecule has 0 spiro atoms. The van der Waals surface area contributed by atoms with Crippen LogP contribution in [0.25, 0.3) is 0 Å². The Kier molecular flexibility index (Phi) is 4.21. The molecule has 2 saturated heterocycles. The number of rotatable bonds is 3. The summed E-state index contributed by atoms with van der Waals surface area (Å²) in [5.41, 5.74) is 0.848. The van der Waals surface area contributed by atoms with E-state index in [1.807, 2.05) is 30.3 Å². The molecule has 7 heteroatoms. The molecule has 1 aromatic carbocycles. The lowest BCUT2D eigenvalue weighted by molar-refractivity contribution is -0.176. The molecule has 0 N–H and O–H groups in total. The maximum atomic E-state index is 13.2. The third kappa shape index (κ3) is 2.81. The van der Waals surface area contributed by atoms with Crippen LogP contribution < -0.4 is 4.90 Å². The van der Waals surface area contributed by atoms with E-state index in [1.165, 1.54) is 48.4 Å². The first-order valence-corrected chi connectivity index (χ1v) is 12.2. The van der Waals surface area contributed by atoms with E-state index < -0.39 is 0 Å². The third-order valence-corrected chi connectivity index (χ3v) is 9.38. The third-order valence-electron chi connectivity index (χ3n) is 7.95. The molecule has 0 aromatic heterocycles. The fourth-order valence-electron chi connectivity index (χ4n) is 7.24. The predicted molar refractivity (Wildman–Crippen MR) is 114 cm³/mol. The second-order valence-corrected chi connectivity index (χ2v) is 11.0. The van der Waals surface area contributed by atoms with Gasteiger partial charge in [-0.15, -0.1) is 11.8 Å². The van der Waals surface area contributed by atoms with E-state index in [2.05, 4.69) is 0 Å². The van der Waals surface area contributed by atoms with E-state index in [0.29, 0.717) is 5.75 Å². The molecule has 6 fully saturated rings. The smallest absolute Gasteiger partial charge is 0.261 e. The number of nitrogens with zero attached hydrogens (tertiary/aromatic N) is 3. The van der Waals surface area contributed by atoms with E-state index >= 15 is 0 Å². The van der Waals surface area contributed by atoms with Crippen LogP contribution in [-0.4, -0.2) is 52.0 Å². The Morgan fingerprint density at radius 2 is 1.43 bits per heavy atom. The maximum Gasteiger partial charge on any atom is 0.261 e. The van der Waals surface area contributed by atoms with Gasteiger partial charge in [0.05, 0.1) is 5.75 Å². The van der Waals surface area contributed by atoms with Crippen molar-refractivity contribution in [2.24, 2.45) is 23.2 Å². The number of hydrogen-bond donors (Lipinski definition) is 0. The molecule has 0 unspecified atom stereocenters. The summed E-state index contributed by atoms with van der Waals surface area (Å²) in [6, 6.07) is 9.31. The van der Waals surface area contributed by atoms with E-state index in [1.54, 1.807) is 16.8 Å². The Hall–Kier alpha value is -2.02. The van der Waals surface area contributed by atoms with Crippen LogP contribution in [0.2, 0.25) is 0 Å². The van der Waals surface area contributed by atoms with Crippen molar-refractivity contribution >= 4 is 35.2 Å². The topological polar surface area (TPSA) is 60.9 Å². The molecule has 2 heterocycles. The minimum Gasteiger partial charge on any atom is -0.301 e. The van der Waals surface area contributed by atoms with Crippen molar-refractivity contribution in [3.8, 4) is 0 Å². The van der Waals surface area contributed by atoms with Gasteiger partial charge in [0.15, 0.2) is 0 Å². The van der Waals surface area contributed by atoms with Gasteiger partial charge in [-0.3, -0.25) is 14.4 Å². The number of carbonyl (C=O) groups excluding carboxylic acids is 3. The summed E-state index contributed by atoms with van der Waals surface area (Å²) in [4.78, 5) is 40.6. The van der Waals surface area contributed by atoms with Crippen LogP contribution in [0.3, 0.4) is 0 Å². The van der Waals surface area contributed by atoms with Crippen molar-refractivity contribution in [1.29, 1.82) is 0 Å². The highest BCUT2D eigenvalue weighted by Crippen LogP contribution is 2.64. The summed E-state index contributed by atoms with van der Waals surface area (Å²) in [5.74, 6) is 2.44. The SMILES string of the molecule is O=C1CN(N2C(=O)CS[C@H]2C23CC4CC(CC(C4)C2)C3)C(=O)CN1c1ccccc1. The molecular weight excluding hydrogens is 398 g/mol. The monoisotopic (exact) mass is 425 g/mol. The lowest BCUT2D eigenvalue weighted by atomic mass is 9.49. The average Bonchev–Trinajstić information content (AvgIpc) is 3.11. The van der Waals surface area contributed by atoms with Gasteiger partial charge >= 0.3 is 0 Å². The van der Waals surface area contributed by atoms with Crippen LogP contribution >= 0.6 is 11.8 Å². The highest BCUT2D eigenvalue weighted by atomic mass is 32.2. The van der Waals surface area contributed by atoms with Crippen LogP contribution in [0.15, 0.2) is 30.3 Å². The van der Waals surface area contributed by atoms with Gasteiger partial charge in [0.1, 0.15) is 18.5 Å². The van der Waals surface area contributed by atoms with Gasteiger partial charge in [0.2, 0.25) is 5.91 Å². The van der Waals surface area contributed by atoms with E-state index in [-0.39, 0.29) is 41.6 Å². The number of para-hydroxylation sites is 1. The van der Waals surface area contributed by atoms with Crippen LogP contribution in [-0.2, 0) is 14.4 Å². The first-order valence-electron chi connectivity index (χ1n) is 11.1. The van der Waals surface area contributed by atoms with Crippen molar-refractivity contribution in [2.75, 3.05) is 23.7 Å². The maximum absolute atomic E-state index is 13.2. The van der Waals surface area contributed by atoms with E-state index in [9.17, 15) is 14.4 Å². The number of anilines is 1. The summed E-state index contributed by atoms with van der Waals surface area (Å²) in [5, 5.41) is 3.19. The summed E-state index contributed by atoms with van der Waals surface area (Å²) >= 11 is 1.70. The Morgan fingerprint density at radius 3 is 2.07 bits per heavy atom. The molecule has 1 aromatic rings. The van der Waals surface area contributed by atoms with E-state index in [0.717, 1.165) is 23.4 Å². The molecule has 158 valence electrons. The first-order chi connectivity index (χ1) is 14.5. The molecule has 0 radical (unpaired) electrons. The number of hydrazine groups is 1. The zero-order valence-corrected chi connectivity index (χ0v) is 17.9. The lowest BCUT2D eigenvalue weighted by Gasteiger charge is -2.60. The summed E-state index contributed by atoms with van der Waals surface area (Å²) in [6.45, 7) is -0.0617. The van der Waals surface area contributed by atoms with Crippen molar-refractivity contribution in [1.82, 2.24) is 10.0 Å². The molecule has 7 rings (SSSR count). The second-order valence-electron chi connectivity index (χ2n) is 9.95. The van der Waals surface area contributed by atoms with E-state index in [4.69, 9.17) is 0 Å². The van der Waals surface area contributed by atoms with Gasteiger partial charge in [-0.2, -0.15) is 0 Å². The Bertz CT molecular complexity index is 869. The minimum absolute atomic E-state index is 0.00146. The highest BCUT2D eigenvalue weighted by Gasteiger charge is 2.59. The second kappa shape index (κ2) is 6.74. The quantitative estimate of drug-likeness (QED) is 0.747. The highest BCUT2D eigenvalue weighted by molar-refractivity contribution is 8.01. The molecular formula is C23H27N3O3S. The van der Waals surface area contributed by atoms with Gasteiger partial charge in [-0.1, -0.05) is 18.2 Å². The van der Waals surface area contributed by atoms with Crippen molar-refractivity contribution in [3.05, 3.63) is 30.3 Å². The van der Waals surface area contributed by atoms with Crippen molar-refractivity contribution in [2.45, 2.75) is 43.9 Å². The Labute approximate surface area is 180 Å². The Balaban J connectivity index is 1.27. The fraction of sp³-hybridized carbons (Fsp3) is 0.609. The zero-order valence-electron chi connectivity index (χ0n) is 17.0. The minimum atomic E-state index is -0.163. The zero-order chi connectivity index (χ0) is 20.5. The largest absolute Gasteiger partial charge is 0.301 e. The lowest BCUT2D eigenvalue weighted by Crippen LogP contribution is -2.65. The summed E-state index contributed by atoms with van der Waals surface area (Å²) in [7, 11) is 0. The van der Waals surface area contributed by atoms with Gasteiger partial charge in [0.25, 0.3) is 11.8 Å². The van der Waals surface area contributed by atoms with Crippen molar-refractivity contribution in [3.63, 3.8) is 0 Å². The normalized spacial score (nSPS) is 38.1. The molecule has 1 atom stereocenters. The molecule has 2 aliphatic heterocycles. The van der Waals surface area contributed by atoms with Crippen LogP contribution in [0.4, 0.5) is 5.69 Å². The van der Waals surface area contributed by atoms with Crippen LogP contribution in [0, 0.1) is 23.2 Å². The molecule has 4 saturated carbocycles. The molecule has 6 nitrogen and oxygen atoms in total. The van der Waals surface area contributed by atoms with Gasteiger partial charge in [0, 0.05) is 11.1 Å². The average molecular weight is 426 g/mol. The van der Waals surface area contributed by atoms with Gasteiger partial charge in [-0.25, -0.2) is 10.0 Å². The summed E-state index contributed by atoms with van der Waals surface area (Å²) in [6.07, 6.45) is 7.55. The molecule has 3 amide bonds. The number of benzene rings is 1. The number of thioether (sulfide) groups is 1. The Morgan fingerprint density at radius 1 is 0.800 bits per heavy atom. The van der Waals surface area contributed by atoms with Crippen LogP contribution in [0.1, 0.15) is 38.5 Å². The van der Waals surface area contributed by atoms with Crippen LogP contribution in [0.5, 0.6) is 0 Å². The predicted octanol–water partition coefficient (Wildman–Crippen LogP) is 2.89. The molecule has 4 bridgehead atoms. The van der Waals surface area contributed by atoms with Gasteiger partial charge in [-0.05, 0) is 68.4 Å². The standard InChI is InChI=1S/C23H27N3O3S/c27-19-13-25(20(28)12-24(19)18-4-2-1-3-5-18)26-21(29)14-30-22(26)23-9-15-6-16(10-23)8-17(7-15)11-23/h1-5,15-17,22H,6-14H2/t15?,16?,17?,22-,23?/m0/s1. The number of amides is 3. The fourth-order valence-corrected chi connectivity index (χ4v) is 8.69. The molecule has 30 heavy (non-hydrogen) atoms. The number of hydrogen-bond acceptors (Lipinski definition) is 4. The summed E-state index contributed by atoms with van der Waals surface area (Å²) < 4.78 is 0. The van der Waals surface area contributed by atoms with Gasteiger partial charge < -0.3 is 4.90 Å².